The quantitative estimate of drug-likeness (QED) is 0.590. The first kappa shape index (κ1) is 19.6. The zero-order valence-corrected chi connectivity index (χ0v) is 16.1. The van der Waals surface area contributed by atoms with Crippen LogP contribution in [0.1, 0.15) is 23.6 Å². The van der Waals surface area contributed by atoms with Crippen LogP contribution in [0.4, 0.5) is 0 Å². The second-order valence-electron chi connectivity index (χ2n) is 6.44. The van der Waals surface area contributed by atoms with E-state index in [1.165, 1.54) is 7.11 Å². The molecule has 0 amide bonds. The lowest BCUT2D eigenvalue weighted by Gasteiger charge is -2.27. The highest BCUT2D eigenvalue weighted by Gasteiger charge is 2.21. The van der Waals surface area contributed by atoms with E-state index in [2.05, 4.69) is 21.3 Å². The first-order valence-electron chi connectivity index (χ1n) is 9.01. The van der Waals surface area contributed by atoms with Crippen LogP contribution in [-0.4, -0.2) is 47.0 Å². The number of fused-ring (bicyclic) bond motifs is 1. The maximum Gasteiger partial charge on any atom is 0.238 e. The number of ether oxygens (including phenoxy) is 1. The molecule has 0 fully saturated rings. The second-order valence-corrected chi connectivity index (χ2v) is 6.44. The SMILES string of the molecule is CO/N=C(\C=C(/C)CO)CN1Cc2ccccc2C(OCc2ccncc2)=N1. The summed E-state index contributed by atoms with van der Waals surface area (Å²) >= 11 is 0. The van der Waals surface area contributed by atoms with Crippen molar-refractivity contribution in [3.63, 3.8) is 0 Å². The number of pyridine rings is 1. The molecule has 28 heavy (non-hydrogen) atoms. The van der Waals surface area contributed by atoms with E-state index in [0.29, 0.717) is 31.3 Å². The Morgan fingerprint density at radius 2 is 2.04 bits per heavy atom. The monoisotopic (exact) mass is 380 g/mol. The second kappa shape index (κ2) is 9.66. The van der Waals surface area contributed by atoms with Crippen molar-refractivity contribution in [3.8, 4) is 0 Å². The van der Waals surface area contributed by atoms with Crippen LogP contribution in [-0.2, 0) is 22.7 Å². The lowest BCUT2D eigenvalue weighted by Crippen LogP contribution is -2.31. The number of nitrogens with zero attached hydrogens (tertiary/aromatic N) is 4. The fraction of sp³-hybridized carbons (Fsp3) is 0.286. The van der Waals surface area contributed by atoms with Crippen molar-refractivity contribution in [2.75, 3.05) is 20.3 Å². The van der Waals surface area contributed by atoms with Gasteiger partial charge in [-0.15, -0.1) is 5.10 Å². The topological polar surface area (TPSA) is 79.5 Å². The molecule has 0 bridgehead atoms. The predicted molar refractivity (Wildman–Crippen MR) is 108 cm³/mol. The smallest absolute Gasteiger partial charge is 0.238 e. The van der Waals surface area contributed by atoms with Crippen LogP contribution in [0.5, 0.6) is 0 Å². The standard InChI is InChI=1S/C21H24N4O3/c1-16(14-26)11-19(24-27-2)13-25-12-18-5-3-4-6-20(18)21(23-25)28-15-17-7-9-22-10-8-17/h3-11,26H,12-15H2,1-2H3/b16-11+,24-19+. The van der Waals surface area contributed by atoms with Crippen LogP contribution < -0.4 is 0 Å². The molecule has 146 valence electrons. The zero-order valence-electron chi connectivity index (χ0n) is 16.1. The highest BCUT2D eigenvalue weighted by atomic mass is 16.6. The average Bonchev–Trinajstić information content (AvgIpc) is 2.72. The molecular weight excluding hydrogens is 356 g/mol. The van der Waals surface area contributed by atoms with Gasteiger partial charge in [-0.2, -0.15) is 0 Å². The van der Waals surface area contributed by atoms with E-state index in [4.69, 9.17) is 9.57 Å². The Morgan fingerprint density at radius 3 is 2.79 bits per heavy atom. The lowest BCUT2D eigenvalue weighted by atomic mass is 10.1. The van der Waals surface area contributed by atoms with Gasteiger partial charge in [-0.1, -0.05) is 23.4 Å². The number of aromatic nitrogens is 1. The molecule has 0 radical (unpaired) electrons. The summed E-state index contributed by atoms with van der Waals surface area (Å²) < 4.78 is 6.02. The lowest BCUT2D eigenvalue weighted by molar-refractivity contribution is 0.208. The zero-order chi connectivity index (χ0) is 19.8. The van der Waals surface area contributed by atoms with Crippen LogP contribution in [0.3, 0.4) is 0 Å². The minimum atomic E-state index is -0.0326. The fourth-order valence-corrected chi connectivity index (χ4v) is 2.84. The van der Waals surface area contributed by atoms with Crippen molar-refractivity contribution < 1.29 is 14.7 Å². The van der Waals surface area contributed by atoms with Crippen molar-refractivity contribution in [1.82, 2.24) is 9.99 Å². The first-order valence-corrected chi connectivity index (χ1v) is 9.01. The van der Waals surface area contributed by atoms with Crippen molar-refractivity contribution in [3.05, 3.63) is 77.1 Å². The molecule has 1 aromatic carbocycles. The first-order chi connectivity index (χ1) is 13.7. The third-order valence-electron chi connectivity index (χ3n) is 4.17. The van der Waals surface area contributed by atoms with Gasteiger partial charge in [0, 0.05) is 18.0 Å². The molecule has 7 heteroatoms. The van der Waals surface area contributed by atoms with Gasteiger partial charge in [0.05, 0.1) is 19.7 Å². The van der Waals surface area contributed by atoms with Crippen LogP contribution in [0, 0.1) is 0 Å². The van der Waals surface area contributed by atoms with Gasteiger partial charge >= 0.3 is 0 Å². The summed E-state index contributed by atoms with van der Waals surface area (Å²) in [7, 11) is 1.50. The maximum atomic E-state index is 9.28. The largest absolute Gasteiger partial charge is 0.471 e. The van der Waals surface area contributed by atoms with Crippen molar-refractivity contribution in [2.45, 2.75) is 20.1 Å². The van der Waals surface area contributed by atoms with Crippen LogP contribution in [0.25, 0.3) is 0 Å². The summed E-state index contributed by atoms with van der Waals surface area (Å²) in [6.07, 6.45) is 5.28. The molecule has 1 N–H and O–H groups in total. The van der Waals surface area contributed by atoms with E-state index in [0.717, 1.165) is 22.3 Å². The predicted octanol–water partition coefficient (Wildman–Crippen LogP) is 2.72. The van der Waals surface area contributed by atoms with Crippen LogP contribution in [0.2, 0.25) is 0 Å². The number of hydrogen-bond acceptors (Lipinski definition) is 7. The Kier molecular flexibility index (Phi) is 6.75. The fourth-order valence-electron chi connectivity index (χ4n) is 2.84. The third-order valence-corrected chi connectivity index (χ3v) is 4.17. The summed E-state index contributed by atoms with van der Waals surface area (Å²) in [4.78, 5) is 8.97. The molecule has 0 atom stereocenters. The summed E-state index contributed by atoms with van der Waals surface area (Å²) in [6, 6.07) is 11.9. The van der Waals surface area contributed by atoms with Gasteiger partial charge in [-0.3, -0.25) is 9.99 Å². The summed E-state index contributed by atoms with van der Waals surface area (Å²) in [5.41, 5.74) is 4.61. The van der Waals surface area contributed by atoms with Gasteiger partial charge in [0.2, 0.25) is 5.90 Å². The Balaban J connectivity index is 1.81. The Morgan fingerprint density at radius 1 is 1.25 bits per heavy atom. The molecular formula is C21H24N4O3. The van der Waals surface area contributed by atoms with Gasteiger partial charge in [0.15, 0.2) is 0 Å². The van der Waals surface area contributed by atoms with Gasteiger partial charge in [-0.25, -0.2) is 0 Å². The molecule has 2 heterocycles. The van der Waals surface area contributed by atoms with E-state index in [1.54, 1.807) is 18.5 Å². The minimum Gasteiger partial charge on any atom is -0.471 e. The normalized spacial score (nSPS) is 14.4. The number of aliphatic hydroxyl groups excluding tert-OH is 1. The van der Waals surface area contributed by atoms with Gasteiger partial charge in [-0.05, 0) is 47.9 Å². The summed E-state index contributed by atoms with van der Waals surface area (Å²) in [5.74, 6) is 0.568. The average molecular weight is 380 g/mol. The van der Waals surface area contributed by atoms with Crippen molar-refractivity contribution in [1.29, 1.82) is 0 Å². The molecule has 7 nitrogen and oxygen atoms in total. The molecule has 0 unspecified atom stereocenters. The molecule has 0 spiro atoms. The van der Waals surface area contributed by atoms with Crippen molar-refractivity contribution in [2.24, 2.45) is 10.3 Å². The van der Waals surface area contributed by atoms with Crippen LogP contribution in [0.15, 0.2) is 70.7 Å². The Bertz CT molecular complexity index is 878. The summed E-state index contributed by atoms with van der Waals surface area (Å²) in [6.45, 7) is 3.28. The number of hydrazone groups is 1. The van der Waals surface area contributed by atoms with E-state index in [1.807, 2.05) is 42.3 Å². The molecule has 1 aliphatic rings. The number of rotatable bonds is 7. The highest BCUT2D eigenvalue weighted by Crippen LogP contribution is 2.20. The third kappa shape index (κ3) is 5.17. The Hall–Kier alpha value is -3.19. The van der Waals surface area contributed by atoms with Gasteiger partial charge in [0.25, 0.3) is 0 Å². The molecule has 3 rings (SSSR count). The number of hydrogen-bond donors (Lipinski definition) is 1. The summed E-state index contributed by atoms with van der Waals surface area (Å²) in [5, 5.41) is 19.9. The highest BCUT2D eigenvalue weighted by molar-refractivity contribution is 5.98. The van der Waals surface area contributed by atoms with Gasteiger partial charge < -0.3 is 14.7 Å². The minimum absolute atomic E-state index is 0.0326. The number of aliphatic hydroxyl groups is 1. The Labute approximate surface area is 164 Å². The maximum absolute atomic E-state index is 9.28. The molecule has 2 aromatic rings. The van der Waals surface area contributed by atoms with E-state index < -0.39 is 0 Å². The number of oxime groups is 1. The van der Waals surface area contributed by atoms with Gasteiger partial charge in [0.1, 0.15) is 19.4 Å². The molecule has 0 saturated carbocycles. The van der Waals surface area contributed by atoms with Crippen LogP contribution >= 0.6 is 0 Å². The molecule has 0 aliphatic carbocycles. The van der Waals surface area contributed by atoms with E-state index in [-0.39, 0.29) is 6.61 Å². The molecule has 1 aromatic heterocycles. The van der Waals surface area contributed by atoms with E-state index >= 15 is 0 Å². The van der Waals surface area contributed by atoms with E-state index in [9.17, 15) is 5.11 Å². The molecule has 1 aliphatic heterocycles. The number of benzene rings is 1. The molecule has 0 saturated heterocycles. The van der Waals surface area contributed by atoms with Crippen molar-refractivity contribution >= 4 is 11.6 Å².